The number of carboxylic acids is 1. The molecule has 0 bridgehead atoms. The van der Waals surface area contributed by atoms with Crippen LogP contribution in [0.4, 0.5) is 0 Å². The summed E-state index contributed by atoms with van der Waals surface area (Å²) in [5.41, 5.74) is 0.518. The number of benzene rings is 1. The van der Waals surface area contributed by atoms with E-state index in [2.05, 4.69) is 5.32 Å². The highest BCUT2D eigenvalue weighted by molar-refractivity contribution is 5.96. The molecule has 1 aromatic rings. The van der Waals surface area contributed by atoms with Crippen LogP contribution in [-0.2, 0) is 9.59 Å². The highest BCUT2D eigenvalue weighted by atomic mass is 16.5. The molecule has 5 nitrogen and oxygen atoms in total. The predicted octanol–water partition coefficient (Wildman–Crippen LogP) is 2.04. The van der Waals surface area contributed by atoms with Crippen LogP contribution in [0, 0.1) is 0 Å². The molecule has 0 saturated carbocycles. The van der Waals surface area contributed by atoms with Crippen LogP contribution < -0.4 is 10.1 Å². The van der Waals surface area contributed by atoms with Gasteiger partial charge in [0.15, 0.2) is 0 Å². The van der Waals surface area contributed by atoms with Gasteiger partial charge >= 0.3 is 5.97 Å². The van der Waals surface area contributed by atoms with E-state index in [1.807, 2.05) is 6.92 Å². The van der Waals surface area contributed by atoms with Gasteiger partial charge in [-0.2, -0.15) is 0 Å². The lowest BCUT2D eigenvalue weighted by molar-refractivity contribution is -0.134. The van der Waals surface area contributed by atoms with E-state index >= 15 is 0 Å². The minimum atomic E-state index is -1.18. The molecule has 0 aliphatic heterocycles. The Bertz CT molecular complexity index is 477. The Labute approximate surface area is 111 Å². The van der Waals surface area contributed by atoms with E-state index in [9.17, 15) is 9.59 Å². The van der Waals surface area contributed by atoms with Gasteiger partial charge in [0.25, 0.3) is 0 Å². The first kappa shape index (κ1) is 14.8. The molecule has 0 heterocycles. The van der Waals surface area contributed by atoms with E-state index in [0.29, 0.717) is 12.2 Å². The maximum atomic E-state index is 10.9. The van der Waals surface area contributed by atoms with Crippen LogP contribution >= 0.6 is 0 Å². The first-order chi connectivity index (χ1) is 9.02. The van der Waals surface area contributed by atoms with E-state index in [1.54, 1.807) is 24.3 Å². The van der Waals surface area contributed by atoms with Crippen LogP contribution in [0.15, 0.2) is 30.0 Å². The molecular formula is C14H17NO4. The van der Waals surface area contributed by atoms with Crippen molar-refractivity contribution < 1.29 is 19.4 Å². The fourth-order valence-corrected chi connectivity index (χ4v) is 1.39. The lowest BCUT2D eigenvalue weighted by Crippen LogP contribution is -2.24. The van der Waals surface area contributed by atoms with Crippen molar-refractivity contribution in [3.05, 3.63) is 35.5 Å². The molecule has 1 rings (SSSR count). The van der Waals surface area contributed by atoms with Crippen LogP contribution in [0.1, 0.15) is 25.8 Å². The van der Waals surface area contributed by atoms with Gasteiger partial charge in [-0.3, -0.25) is 4.79 Å². The molecule has 0 atom stereocenters. The summed E-state index contributed by atoms with van der Waals surface area (Å²) in [5.74, 6) is -0.867. The lowest BCUT2D eigenvalue weighted by atomic mass is 10.2. The quantitative estimate of drug-likeness (QED) is 0.770. The summed E-state index contributed by atoms with van der Waals surface area (Å²) >= 11 is 0. The molecule has 0 aliphatic carbocycles. The average Bonchev–Trinajstić information content (AvgIpc) is 2.36. The van der Waals surface area contributed by atoms with E-state index in [0.717, 1.165) is 12.2 Å². The fraction of sp³-hybridized carbons (Fsp3) is 0.286. The number of hydrogen-bond acceptors (Lipinski definition) is 3. The Balaban J connectivity index is 2.83. The molecule has 0 saturated heterocycles. The minimum Gasteiger partial charge on any atom is -0.494 e. The van der Waals surface area contributed by atoms with Gasteiger partial charge in [-0.15, -0.1) is 0 Å². The third-order valence-corrected chi connectivity index (χ3v) is 2.21. The van der Waals surface area contributed by atoms with E-state index in [4.69, 9.17) is 9.84 Å². The lowest BCUT2D eigenvalue weighted by Gasteiger charge is -2.05. The number of rotatable bonds is 6. The summed E-state index contributed by atoms with van der Waals surface area (Å²) in [5, 5.41) is 11.2. The largest absolute Gasteiger partial charge is 0.494 e. The van der Waals surface area contributed by atoms with Crippen molar-refractivity contribution in [3.8, 4) is 5.75 Å². The zero-order valence-corrected chi connectivity index (χ0v) is 11.0. The third-order valence-electron chi connectivity index (χ3n) is 2.21. The summed E-state index contributed by atoms with van der Waals surface area (Å²) in [7, 11) is 0. The number of hydrogen-bond donors (Lipinski definition) is 2. The molecule has 0 radical (unpaired) electrons. The molecule has 1 aromatic carbocycles. The van der Waals surface area contributed by atoms with E-state index < -0.39 is 11.9 Å². The second kappa shape index (κ2) is 7.20. The zero-order chi connectivity index (χ0) is 14.3. The monoisotopic (exact) mass is 263 g/mol. The summed E-state index contributed by atoms with van der Waals surface area (Å²) < 4.78 is 5.42. The smallest absolute Gasteiger partial charge is 0.352 e. The van der Waals surface area contributed by atoms with Crippen molar-refractivity contribution in [3.63, 3.8) is 0 Å². The Kier molecular flexibility index (Phi) is 5.60. The van der Waals surface area contributed by atoms with E-state index in [-0.39, 0.29) is 5.70 Å². The first-order valence-corrected chi connectivity index (χ1v) is 5.98. The normalized spacial score (nSPS) is 10.9. The zero-order valence-electron chi connectivity index (χ0n) is 11.0. The molecule has 1 amide bonds. The van der Waals surface area contributed by atoms with Crippen molar-refractivity contribution in [2.45, 2.75) is 20.3 Å². The molecule has 0 unspecified atom stereocenters. The maximum absolute atomic E-state index is 10.9. The molecule has 2 N–H and O–H groups in total. The Morgan fingerprint density at radius 1 is 1.32 bits per heavy atom. The van der Waals surface area contributed by atoms with Crippen LogP contribution in [0.2, 0.25) is 0 Å². The van der Waals surface area contributed by atoms with Crippen LogP contribution in [0.25, 0.3) is 6.08 Å². The summed E-state index contributed by atoms with van der Waals surface area (Å²) in [4.78, 5) is 21.8. The molecule has 0 spiro atoms. The molecular weight excluding hydrogens is 246 g/mol. The summed E-state index contributed by atoms with van der Waals surface area (Å²) in [6, 6.07) is 6.98. The van der Waals surface area contributed by atoms with Crippen molar-refractivity contribution in [1.29, 1.82) is 0 Å². The van der Waals surface area contributed by atoms with Gasteiger partial charge in [-0.25, -0.2) is 4.79 Å². The van der Waals surface area contributed by atoms with Gasteiger partial charge in [-0.1, -0.05) is 19.1 Å². The van der Waals surface area contributed by atoms with Crippen LogP contribution in [0.5, 0.6) is 5.75 Å². The van der Waals surface area contributed by atoms with Crippen molar-refractivity contribution in [1.82, 2.24) is 5.32 Å². The topological polar surface area (TPSA) is 75.6 Å². The van der Waals surface area contributed by atoms with Gasteiger partial charge in [0.2, 0.25) is 5.91 Å². The summed E-state index contributed by atoms with van der Waals surface area (Å²) in [6.07, 6.45) is 2.32. The number of aliphatic carboxylic acids is 1. The highest BCUT2D eigenvalue weighted by Gasteiger charge is 2.08. The Hall–Kier alpha value is -2.30. The molecule has 5 heteroatoms. The number of amides is 1. The second-order valence-electron chi connectivity index (χ2n) is 3.96. The van der Waals surface area contributed by atoms with Crippen LogP contribution in [0.3, 0.4) is 0 Å². The van der Waals surface area contributed by atoms with Crippen molar-refractivity contribution in [2.75, 3.05) is 6.61 Å². The number of carbonyl (C=O) groups is 2. The number of carbonyl (C=O) groups excluding carboxylic acids is 1. The number of carboxylic acid groups (broad SMARTS) is 1. The molecule has 0 aromatic heterocycles. The van der Waals surface area contributed by atoms with Crippen molar-refractivity contribution in [2.24, 2.45) is 0 Å². The number of nitrogens with one attached hydrogen (secondary N) is 1. The second-order valence-corrected chi connectivity index (χ2v) is 3.96. The van der Waals surface area contributed by atoms with Crippen molar-refractivity contribution >= 4 is 18.0 Å². The van der Waals surface area contributed by atoms with Gasteiger partial charge in [0.05, 0.1) is 6.61 Å². The highest BCUT2D eigenvalue weighted by Crippen LogP contribution is 2.14. The molecule has 0 fully saturated rings. The Morgan fingerprint density at radius 3 is 2.42 bits per heavy atom. The average molecular weight is 263 g/mol. The first-order valence-electron chi connectivity index (χ1n) is 5.98. The third kappa shape index (κ3) is 5.25. The predicted molar refractivity (Wildman–Crippen MR) is 71.7 cm³/mol. The minimum absolute atomic E-state index is 0.158. The summed E-state index contributed by atoms with van der Waals surface area (Å²) in [6.45, 7) is 3.92. The van der Waals surface area contributed by atoms with Gasteiger partial charge in [0.1, 0.15) is 11.4 Å². The number of ether oxygens (including phenoxy) is 1. The molecule has 102 valence electrons. The van der Waals surface area contributed by atoms with Crippen LogP contribution in [-0.4, -0.2) is 23.6 Å². The molecule has 0 aliphatic rings. The fourth-order valence-electron chi connectivity index (χ4n) is 1.39. The Morgan fingerprint density at radius 2 is 1.95 bits per heavy atom. The molecule has 19 heavy (non-hydrogen) atoms. The van der Waals surface area contributed by atoms with Gasteiger partial charge < -0.3 is 15.2 Å². The van der Waals surface area contributed by atoms with Gasteiger partial charge in [0, 0.05) is 6.92 Å². The van der Waals surface area contributed by atoms with Gasteiger partial charge in [-0.05, 0) is 30.2 Å². The SMILES string of the molecule is CCCOc1ccc(/C=C(/NC(C)=O)C(=O)O)cc1. The standard InChI is InChI=1S/C14H17NO4/c1-3-8-19-12-6-4-11(5-7-12)9-13(14(17)18)15-10(2)16/h4-7,9H,3,8H2,1-2H3,(H,15,16)(H,17,18)/b13-9+. The van der Waals surface area contributed by atoms with E-state index in [1.165, 1.54) is 13.0 Å². The maximum Gasteiger partial charge on any atom is 0.352 e.